The third kappa shape index (κ3) is 5.56. The number of hydrogen-bond donors (Lipinski definition) is 1. The number of primary sulfonamides is 1. The van der Waals surface area contributed by atoms with E-state index >= 15 is 0 Å². The molecular weight excluding hydrogens is 416 g/mol. The predicted octanol–water partition coefficient (Wildman–Crippen LogP) is 2.27. The number of nitrogens with zero attached hydrogens (tertiary/aromatic N) is 3. The Morgan fingerprint density at radius 1 is 1.13 bits per heavy atom. The molecule has 1 aliphatic rings. The monoisotopic (exact) mass is 442 g/mol. The molecule has 0 bridgehead atoms. The zero-order valence-corrected chi connectivity index (χ0v) is 18.4. The molecule has 2 aromatic carbocycles. The molecule has 3 rings (SSSR count). The molecule has 9 heteroatoms. The number of carbonyl (C=O) groups is 2. The molecule has 8 nitrogen and oxygen atoms in total. The predicted molar refractivity (Wildman–Crippen MR) is 118 cm³/mol. The van der Waals surface area contributed by atoms with Crippen molar-refractivity contribution >= 4 is 27.5 Å². The maximum absolute atomic E-state index is 12.6. The normalized spacial score (nSPS) is 14.8. The van der Waals surface area contributed by atoms with Crippen molar-refractivity contribution in [3.8, 4) is 0 Å². The fourth-order valence-corrected chi connectivity index (χ4v) is 3.95. The number of sulfonamides is 1. The average molecular weight is 443 g/mol. The minimum Gasteiger partial charge on any atom is -0.339 e. The van der Waals surface area contributed by atoms with Crippen LogP contribution in [0.4, 0.5) is 0 Å². The van der Waals surface area contributed by atoms with Gasteiger partial charge in [-0.25, -0.2) is 18.6 Å². The van der Waals surface area contributed by atoms with Gasteiger partial charge >= 0.3 is 0 Å². The first kappa shape index (κ1) is 22.6. The van der Waals surface area contributed by atoms with E-state index in [-0.39, 0.29) is 35.6 Å². The second-order valence-electron chi connectivity index (χ2n) is 7.48. The van der Waals surface area contributed by atoms with Crippen LogP contribution in [-0.2, 0) is 19.6 Å². The fraction of sp³-hybridized carbons (Fsp3) is 0.318. The first-order valence-corrected chi connectivity index (χ1v) is 11.5. The van der Waals surface area contributed by atoms with Gasteiger partial charge in [0.05, 0.1) is 23.2 Å². The van der Waals surface area contributed by atoms with Gasteiger partial charge in [-0.2, -0.15) is 5.10 Å². The zero-order valence-electron chi connectivity index (χ0n) is 17.6. The Bertz CT molecular complexity index is 1100. The summed E-state index contributed by atoms with van der Waals surface area (Å²) in [5.74, 6) is -0.412. The summed E-state index contributed by atoms with van der Waals surface area (Å²) >= 11 is 0. The van der Waals surface area contributed by atoms with E-state index < -0.39 is 10.0 Å². The van der Waals surface area contributed by atoms with Crippen molar-refractivity contribution in [3.63, 3.8) is 0 Å². The van der Waals surface area contributed by atoms with Crippen molar-refractivity contribution in [1.29, 1.82) is 0 Å². The number of amides is 2. The summed E-state index contributed by atoms with van der Waals surface area (Å²) in [5, 5.41) is 11.0. The van der Waals surface area contributed by atoms with Crippen LogP contribution >= 0.6 is 0 Å². The summed E-state index contributed by atoms with van der Waals surface area (Å²) in [6, 6.07) is 15.5. The van der Waals surface area contributed by atoms with Crippen molar-refractivity contribution in [3.05, 3.63) is 65.7 Å². The van der Waals surface area contributed by atoms with Gasteiger partial charge in [-0.15, -0.1) is 0 Å². The van der Waals surface area contributed by atoms with Crippen LogP contribution < -0.4 is 5.14 Å². The molecule has 0 fully saturated rings. The highest BCUT2D eigenvalue weighted by Crippen LogP contribution is 2.22. The molecule has 1 atom stereocenters. The SMILES string of the molecule is CC(c1cccc(S(N)(=O)=O)c1)N(C)C(=O)CCC(=O)N1CCC(c2ccccc2)=N1. The van der Waals surface area contributed by atoms with Gasteiger partial charge in [0.2, 0.25) is 21.8 Å². The Morgan fingerprint density at radius 2 is 1.84 bits per heavy atom. The summed E-state index contributed by atoms with van der Waals surface area (Å²) in [6.45, 7) is 2.29. The molecule has 2 N–H and O–H groups in total. The van der Waals surface area contributed by atoms with Crippen LogP contribution in [0.3, 0.4) is 0 Å². The molecule has 0 saturated heterocycles. The Hall–Kier alpha value is -3.04. The van der Waals surface area contributed by atoms with Gasteiger partial charge in [-0.05, 0) is 30.2 Å². The summed E-state index contributed by atoms with van der Waals surface area (Å²) < 4.78 is 23.1. The Morgan fingerprint density at radius 3 is 2.52 bits per heavy atom. The standard InChI is InChI=1S/C22H26N4O4S/c1-16(18-9-6-10-19(15-18)31(23,29)30)25(2)21(27)11-12-22(28)26-14-13-20(24-26)17-7-4-3-5-8-17/h3-10,15-16H,11-14H2,1-2H3,(H2,23,29,30). The van der Waals surface area contributed by atoms with Crippen LogP contribution in [0.15, 0.2) is 64.6 Å². The minimum absolute atomic E-state index is 0.00556. The number of hydrogen-bond acceptors (Lipinski definition) is 5. The van der Waals surface area contributed by atoms with E-state index in [0.29, 0.717) is 18.5 Å². The van der Waals surface area contributed by atoms with Crippen molar-refractivity contribution in [2.45, 2.75) is 37.1 Å². The molecule has 0 aliphatic carbocycles. The zero-order chi connectivity index (χ0) is 22.6. The lowest BCUT2D eigenvalue weighted by Gasteiger charge is -2.26. The van der Waals surface area contributed by atoms with Gasteiger partial charge < -0.3 is 4.90 Å². The summed E-state index contributed by atoms with van der Waals surface area (Å²) in [4.78, 5) is 26.6. The van der Waals surface area contributed by atoms with Gasteiger partial charge in [0.15, 0.2) is 0 Å². The lowest BCUT2D eigenvalue weighted by Crippen LogP contribution is -2.31. The maximum atomic E-state index is 12.6. The van der Waals surface area contributed by atoms with Crippen LogP contribution in [0.1, 0.15) is 43.4 Å². The molecule has 1 unspecified atom stereocenters. The number of benzene rings is 2. The van der Waals surface area contributed by atoms with E-state index in [2.05, 4.69) is 5.10 Å². The second-order valence-corrected chi connectivity index (χ2v) is 9.04. The largest absolute Gasteiger partial charge is 0.339 e. The van der Waals surface area contributed by atoms with E-state index in [4.69, 9.17) is 5.14 Å². The van der Waals surface area contributed by atoms with Crippen LogP contribution in [0.2, 0.25) is 0 Å². The van der Waals surface area contributed by atoms with Gasteiger partial charge in [-0.1, -0.05) is 42.5 Å². The van der Waals surface area contributed by atoms with E-state index in [1.807, 2.05) is 30.3 Å². The van der Waals surface area contributed by atoms with Gasteiger partial charge in [0.1, 0.15) is 0 Å². The van der Waals surface area contributed by atoms with E-state index in [9.17, 15) is 18.0 Å². The molecule has 0 aromatic heterocycles. The van der Waals surface area contributed by atoms with Crippen molar-refractivity contribution in [2.75, 3.05) is 13.6 Å². The van der Waals surface area contributed by atoms with Crippen molar-refractivity contribution in [1.82, 2.24) is 9.91 Å². The molecule has 1 aliphatic heterocycles. The summed E-state index contributed by atoms with van der Waals surface area (Å²) in [6.07, 6.45) is 0.779. The third-order valence-corrected chi connectivity index (χ3v) is 6.30. The molecule has 31 heavy (non-hydrogen) atoms. The van der Waals surface area contributed by atoms with Gasteiger partial charge in [0.25, 0.3) is 0 Å². The van der Waals surface area contributed by atoms with E-state index in [0.717, 1.165) is 11.3 Å². The quantitative estimate of drug-likeness (QED) is 0.708. The van der Waals surface area contributed by atoms with Gasteiger partial charge in [0, 0.05) is 26.3 Å². The van der Waals surface area contributed by atoms with Crippen molar-refractivity contribution in [2.24, 2.45) is 10.2 Å². The molecule has 2 aromatic rings. The smallest absolute Gasteiger partial charge is 0.243 e. The Balaban J connectivity index is 1.58. The lowest BCUT2D eigenvalue weighted by atomic mass is 10.1. The van der Waals surface area contributed by atoms with Crippen LogP contribution in [0.25, 0.3) is 0 Å². The topological polar surface area (TPSA) is 113 Å². The molecule has 164 valence electrons. The molecule has 0 saturated carbocycles. The fourth-order valence-electron chi connectivity index (χ4n) is 3.38. The van der Waals surface area contributed by atoms with Gasteiger partial charge in [-0.3, -0.25) is 9.59 Å². The molecule has 0 radical (unpaired) electrons. The maximum Gasteiger partial charge on any atom is 0.243 e. The molecule has 2 amide bonds. The highest BCUT2D eigenvalue weighted by Gasteiger charge is 2.24. The van der Waals surface area contributed by atoms with E-state index in [1.165, 1.54) is 22.0 Å². The second kappa shape index (κ2) is 9.40. The highest BCUT2D eigenvalue weighted by atomic mass is 32.2. The number of hydrazone groups is 1. The summed E-state index contributed by atoms with van der Waals surface area (Å²) in [5.41, 5.74) is 2.50. The lowest BCUT2D eigenvalue weighted by molar-refractivity contribution is -0.137. The third-order valence-electron chi connectivity index (χ3n) is 5.39. The number of nitrogens with two attached hydrogens (primary N) is 1. The highest BCUT2D eigenvalue weighted by molar-refractivity contribution is 7.89. The van der Waals surface area contributed by atoms with E-state index in [1.54, 1.807) is 26.1 Å². The molecular formula is C22H26N4O4S. The Kier molecular flexibility index (Phi) is 6.87. The van der Waals surface area contributed by atoms with Crippen molar-refractivity contribution < 1.29 is 18.0 Å². The molecule has 1 heterocycles. The van der Waals surface area contributed by atoms with Crippen LogP contribution in [-0.4, -0.2) is 49.4 Å². The van der Waals surface area contributed by atoms with Crippen LogP contribution in [0.5, 0.6) is 0 Å². The van der Waals surface area contributed by atoms with Crippen LogP contribution in [0, 0.1) is 0 Å². The first-order valence-electron chi connectivity index (χ1n) is 9.98. The Labute approximate surface area is 182 Å². The number of rotatable bonds is 7. The minimum atomic E-state index is -3.83. The molecule has 0 spiro atoms. The average Bonchev–Trinajstić information content (AvgIpc) is 3.27. The first-order chi connectivity index (χ1) is 14.7. The number of carbonyl (C=O) groups excluding carboxylic acids is 2. The summed E-state index contributed by atoms with van der Waals surface area (Å²) in [7, 11) is -2.20.